The fourth-order valence-electron chi connectivity index (χ4n) is 8.90. The third-order valence-corrected chi connectivity index (χ3v) is 14.2. The van der Waals surface area contributed by atoms with Crippen molar-refractivity contribution in [1.82, 2.24) is 47.0 Å². The van der Waals surface area contributed by atoms with E-state index in [1.165, 1.54) is 47.9 Å². The Labute approximate surface area is 477 Å². The van der Waals surface area contributed by atoms with Crippen LogP contribution in [0.2, 0.25) is 0 Å². The molecule has 2 saturated heterocycles. The SMILES string of the molecule is CSCC[C@H](NC(=O)[C@H](COP(=O)(O)O)NC(=O)[C@@H]1CCCN1C(=O)[C@H](CO)NC(=O)[C@H](CCCN=C(N)N)NC(=O)[C@H](Cc1ccc(O)cc1)NC(=O)[C@@H](N)CC(C)C)C(=O)N1CCC[C@H]1C(=O)N[C@@H](C)C(=O)N[C@H](C=O)CC(N)=O. The second-order valence-electron chi connectivity index (χ2n) is 20.1. The van der Waals surface area contributed by atoms with E-state index >= 15 is 0 Å². The number of benzene rings is 1. The first-order valence-electron chi connectivity index (χ1n) is 26.4. The Balaban J connectivity index is 1.84. The minimum Gasteiger partial charge on any atom is -0.508 e. The van der Waals surface area contributed by atoms with Gasteiger partial charge < -0.3 is 94.7 Å². The Hall–Kier alpha value is -6.96. The summed E-state index contributed by atoms with van der Waals surface area (Å²) in [7, 11) is -5.33. The summed E-state index contributed by atoms with van der Waals surface area (Å²) in [4.78, 5) is 172. The number of nitrogens with zero attached hydrogens (tertiary/aromatic N) is 3. The molecule has 0 bridgehead atoms. The normalized spacial score (nSPS) is 18.0. The number of carbonyl (C=O) groups is 11. The van der Waals surface area contributed by atoms with Crippen LogP contribution in [0, 0.1) is 5.92 Å². The van der Waals surface area contributed by atoms with Crippen LogP contribution >= 0.6 is 19.6 Å². The average Bonchev–Trinajstić information content (AvgIpc) is 4.26. The minimum absolute atomic E-state index is 0.00559. The third-order valence-electron chi connectivity index (χ3n) is 13.1. The molecule has 0 saturated carbocycles. The van der Waals surface area contributed by atoms with E-state index in [-0.39, 0.29) is 94.4 Å². The number of phenolic OH excluding ortho intramolecular Hbond substituents is 1. The van der Waals surface area contributed by atoms with Crippen molar-refractivity contribution in [2.24, 2.45) is 33.8 Å². The van der Waals surface area contributed by atoms with Crippen molar-refractivity contribution >= 4 is 90.9 Å². The van der Waals surface area contributed by atoms with Crippen LogP contribution in [0.1, 0.15) is 84.1 Å². The predicted molar refractivity (Wildman–Crippen MR) is 296 cm³/mol. The van der Waals surface area contributed by atoms with E-state index in [9.17, 15) is 77.3 Å². The highest BCUT2D eigenvalue weighted by Crippen LogP contribution is 2.35. The monoisotopic (exact) mass is 1200 g/mol. The smallest absolute Gasteiger partial charge is 0.469 e. The van der Waals surface area contributed by atoms with Gasteiger partial charge in [-0.15, -0.1) is 0 Å². The standard InChI is InChI=1S/C49H79N14O17PS/c1-26(2)20-31(50)41(69)59-34(21-28-11-13-30(66)14-12-28)43(71)57-32(8-5-16-54-49(52)53)42(70)60-35(24-65)48(76)63-18-7-10-38(63)46(74)61-36(25-80-81(77,78)79)44(72)58-33(15-19-82-4)47(75)62-17-6-9-37(62)45(73)55-27(3)40(68)56-29(23-64)22-39(51)67/h11-14,23,26-27,29,31-38,65-66H,5-10,15-22,24-25,50H2,1-4H3,(H2,51,67)(H,55,73)(H,56,68)(H,57,71)(H,58,72)(H,59,69)(H,60,70)(H,61,74)(H4,52,53,54)(H2,77,78,79)/t27-,29-,31-,32-,33-,34-,35-,36-,37-,38-/m0/s1. The summed E-state index contributed by atoms with van der Waals surface area (Å²) in [5.74, 6) is -8.94. The number of thioether (sulfide) groups is 1. The molecule has 3 rings (SSSR count). The highest BCUT2D eigenvalue weighted by Gasteiger charge is 2.42. The lowest BCUT2D eigenvalue weighted by atomic mass is 10.0. The zero-order valence-corrected chi connectivity index (χ0v) is 47.9. The number of aliphatic hydroxyl groups is 1. The number of guanidine groups is 1. The number of hydrogen-bond acceptors (Lipinski definition) is 18. The summed E-state index contributed by atoms with van der Waals surface area (Å²) in [6.07, 6.45) is 2.16. The Morgan fingerprint density at radius 2 is 1.28 bits per heavy atom. The van der Waals surface area contributed by atoms with Crippen molar-refractivity contribution in [2.45, 2.75) is 145 Å². The van der Waals surface area contributed by atoms with Gasteiger partial charge in [-0.05, 0) is 93.9 Å². The second kappa shape index (κ2) is 33.8. The molecule has 1 aromatic carbocycles. The van der Waals surface area contributed by atoms with Gasteiger partial charge in [-0.2, -0.15) is 11.8 Å². The summed E-state index contributed by atoms with van der Waals surface area (Å²) in [5, 5.41) is 37.6. The maximum Gasteiger partial charge on any atom is 0.469 e. The van der Waals surface area contributed by atoms with E-state index in [2.05, 4.69) is 46.7 Å². The lowest BCUT2D eigenvalue weighted by molar-refractivity contribution is -0.144. The number of hydrogen-bond donors (Lipinski definition) is 15. The number of amides is 10. The number of rotatable bonds is 34. The molecule has 10 amide bonds. The number of phenols is 1. The maximum absolute atomic E-state index is 14.2. The maximum atomic E-state index is 14.2. The number of aromatic hydroxyl groups is 1. The van der Waals surface area contributed by atoms with Gasteiger partial charge in [-0.1, -0.05) is 26.0 Å². The van der Waals surface area contributed by atoms with Crippen LogP contribution in [0.5, 0.6) is 5.75 Å². The molecule has 0 aromatic heterocycles. The fraction of sp³-hybridized carbons (Fsp3) is 0.633. The van der Waals surface area contributed by atoms with E-state index in [1.54, 1.807) is 6.26 Å². The predicted octanol–water partition coefficient (Wildman–Crippen LogP) is -5.31. The summed E-state index contributed by atoms with van der Waals surface area (Å²) in [6.45, 7) is 2.73. The number of aliphatic imine (C=N–C) groups is 1. The largest absolute Gasteiger partial charge is 0.508 e. The first kappa shape index (κ1) is 69.3. The summed E-state index contributed by atoms with van der Waals surface area (Å²) < 4.78 is 16.6. The summed E-state index contributed by atoms with van der Waals surface area (Å²) >= 11 is 1.29. The van der Waals surface area contributed by atoms with Crippen molar-refractivity contribution in [3.63, 3.8) is 0 Å². The molecule has 31 nitrogen and oxygen atoms in total. The average molecular weight is 1200 g/mol. The molecule has 2 aliphatic rings. The number of phosphoric acid groups is 1. The van der Waals surface area contributed by atoms with Crippen LogP contribution < -0.4 is 60.2 Å². The first-order valence-corrected chi connectivity index (χ1v) is 29.4. The third kappa shape index (κ3) is 23.1. The molecular formula is C49H79N14O17PS. The van der Waals surface area contributed by atoms with Crippen LogP contribution in [-0.2, 0) is 68.2 Å². The van der Waals surface area contributed by atoms with Gasteiger partial charge in [0, 0.05) is 26.1 Å². The first-order chi connectivity index (χ1) is 38.6. The van der Waals surface area contributed by atoms with Gasteiger partial charge in [0.05, 0.1) is 31.7 Å². The van der Waals surface area contributed by atoms with Gasteiger partial charge in [0.2, 0.25) is 59.1 Å². The Morgan fingerprint density at radius 1 is 0.744 bits per heavy atom. The zero-order chi connectivity index (χ0) is 61.4. The topological polar surface area (TPSA) is 502 Å². The number of nitrogens with two attached hydrogens (primary N) is 4. The number of phosphoric ester groups is 1. The molecule has 10 atom stereocenters. The lowest BCUT2D eigenvalue weighted by Gasteiger charge is -2.31. The molecule has 458 valence electrons. The molecule has 0 aliphatic carbocycles. The van der Waals surface area contributed by atoms with Crippen molar-refractivity contribution in [3.8, 4) is 5.75 Å². The number of carbonyl (C=O) groups excluding carboxylic acids is 11. The van der Waals surface area contributed by atoms with Crippen LogP contribution in [0.25, 0.3) is 0 Å². The molecule has 82 heavy (non-hydrogen) atoms. The molecule has 33 heteroatoms. The highest BCUT2D eigenvalue weighted by atomic mass is 32.2. The molecule has 0 spiro atoms. The van der Waals surface area contributed by atoms with Gasteiger partial charge in [0.1, 0.15) is 60.4 Å². The number of aldehydes is 1. The van der Waals surface area contributed by atoms with E-state index in [0.29, 0.717) is 18.3 Å². The zero-order valence-electron chi connectivity index (χ0n) is 46.2. The van der Waals surface area contributed by atoms with Crippen LogP contribution in [0.3, 0.4) is 0 Å². The molecule has 2 fully saturated rings. The minimum atomic E-state index is -5.33. The molecular weight excluding hydrogens is 1120 g/mol. The fourth-order valence-corrected chi connectivity index (χ4v) is 9.71. The molecule has 1 aromatic rings. The number of likely N-dealkylation sites (tertiary alicyclic amines) is 2. The number of primary amides is 1. The van der Waals surface area contributed by atoms with Crippen molar-refractivity contribution in [3.05, 3.63) is 29.8 Å². The number of aliphatic hydroxyl groups excluding tert-OH is 1. The van der Waals surface area contributed by atoms with Crippen LogP contribution in [-0.4, -0.2) is 206 Å². The summed E-state index contributed by atoms with van der Waals surface area (Å²) in [5.41, 5.74) is 22.7. The van der Waals surface area contributed by atoms with Crippen molar-refractivity contribution < 1.29 is 81.8 Å². The second-order valence-corrected chi connectivity index (χ2v) is 22.4. The van der Waals surface area contributed by atoms with E-state index < -0.39 is 147 Å². The molecule has 19 N–H and O–H groups in total. The molecule has 0 unspecified atom stereocenters. The molecule has 2 heterocycles. The summed E-state index contributed by atoms with van der Waals surface area (Å²) in [6, 6.07) is -8.15. The number of nitrogens with one attached hydrogen (secondary N) is 7. The van der Waals surface area contributed by atoms with Gasteiger partial charge in [-0.3, -0.25) is 57.5 Å². The van der Waals surface area contributed by atoms with Crippen molar-refractivity contribution in [2.75, 3.05) is 44.9 Å². The quantitative estimate of drug-likeness (QED) is 0.0101. The van der Waals surface area contributed by atoms with Gasteiger partial charge >= 0.3 is 7.82 Å². The van der Waals surface area contributed by atoms with Gasteiger partial charge in [0.25, 0.3) is 0 Å². The molecule has 2 aliphatic heterocycles. The van der Waals surface area contributed by atoms with Gasteiger partial charge in [-0.25, -0.2) is 4.57 Å². The Bertz CT molecular complexity index is 2490. The highest BCUT2D eigenvalue weighted by molar-refractivity contribution is 7.98. The van der Waals surface area contributed by atoms with E-state index in [0.717, 1.165) is 4.90 Å². The van der Waals surface area contributed by atoms with Gasteiger partial charge in [0.15, 0.2) is 5.96 Å². The lowest BCUT2D eigenvalue weighted by Crippen LogP contribution is -2.61. The van der Waals surface area contributed by atoms with Crippen LogP contribution in [0.15, 0.2) is 29.3 Å². The van der Waals surface area contributed by atoms with Crippen molar-refractivity contribution in [1.29, 1.82) is 0 Å². The van der Waals surface area contributed by atoms with E-state index in [4.69, 9.17) is 22.9 Å². The Morgan fingerprint density at radius 3 is 1.82 bits per heavy atom. The molecule has 0 radical (unpaired) electrons. The van der Waals surface area contributed by atoms with E-state index in [1.807, 2.05) is 13.8 Å². The Kier molecular flexibility index (Phi) is 28.6. The van der Waals surface area contributed by atoms with Crippen LogP contribution in [0.4, 0.5) is 0 Å².